The fraction of sp³-hybridized carbons (Fsp3) is 0.333. The Hall–Kier alpha value is -3.51. The maximum atomic E-state index is 11.9. The molecule has 1 fully saturated rings. The van der Waals surface area contributed by atoms with E-state index in [0.29, 0.717) is 59.7 Å². The number of carbonyl (C=O) groups is 1. The third kappa shape index (κ3) is 3.70. The zero-order chi connectivity index (χ0) is 23.3. The highest BCUT2D eigenvalue weighted by Crippen LogP contribution is 2.35. The van der Waals surface area contributed by atoms with Crippen LogP contribution in [0.1, 0.15) is 29.2 Å². The largest absolute Gasteiger partial charge is 0.465 e. The summed E-state index contributed by atoms with van der Waals surface area (Å²) in [6, 6.07) is 7.17. The normalized spacial score (nSPS) is 15.9. The first-order valence-corrected chi connectivity index (χ1v) is 12.3. The van der Waals surface area contributed by atoms with Crippen LogP contribution in [0.15, 0.2) is 30.6 Å². The quantitative estimate of drug-likeness (QED) is 0.431. The molecular formula is C21H23N7O4S. The van der Waals surface area contributed by atoms with Gasteiger partial charge in [-0.1, -0.05) is 6.07 Å². The molecule has 11 nitrogen and oxygen atoms in total. The molecule has 4 aromatic rings. The topological polar surface area (TPSA) is 149 Å². The van der Waals surface area contributed by atoms with Crippen LogP contribution in [0, 0.1) is 0 Å². The Kier molecular flexibility index (Phi) is 5.05. The van der Waals surface area contributed by atoms with Crippen LogP contribution in [0.4, 0.5) is 5.82 Å². The lowest BCUT2D eigenvalue weighted by atomic mass is 10.1. The van der Waals surface area contributed by atoms with E-state index in [1.807, 2.05) is 16.8 Å². The average Bonchev–Trinajstić information content (AvgIpc) is 3.40. The van der Waals surface area contributed by atoms with Crippen LogP contribution in [-0.4, -0.2) is 69.9 Å². The van der Waals surface area contributed by atoms with E-state index in [1.54, 1.807) is 12.1 Å². The van der Waals surface area contributed by atoms with Crippen molar-refractivity contribution in [2.75, 3.05) is 32.2 Å². The number of piperidine rings is 1. The molecule has 0 bridgehead atoms. The zero-order valence-electron chi connectivity index (χ0n) is 18.1. The third-order valence-corrected chi connectivity index (χ3v) is 7.36. The van der Waals surface area contributed by atoms with Crippen LogP contribution < -0.4 is 5.73 Å². The molecule has 1 aliphatic heterocycles. The average molecular weight is 470 g/mol. The van der Waals surface area contributed by atoms with Crippen molar-refractivity contribution in [2.45, 2.75) is 18.9 Å². The number of sulfonamides is 1. The Bertz CT molecular complexity index is 1480. The van der Waals surface area contributed by atoms with Crippen molar-refractivity contribution in [3.8, 4) is 11.4 Å². The van der Waals surface area contributed by atoms with E-state index < -0.39 is 16.0 Å². The first-order chi connectivity index (χ1) is 15.8. The van der Waals surface area contributed by atoms with Gasteiger partial charge in [0, 0.05) is 24.0 Å². The molecule has 4 heterocycles. The molecule has 1 aromatic carbocycles. The Balaban J connectivity index is 1.58. The SMILES string of the molecule is COC(=O)c1ccc2cc(-c3nn(C4CCN(S(C)(=O)=O)CC4)c4ncnc(N)c34)[nH]c2c1. The number of hydrogen-bond donors (Lipinski definition) is 2. The number of H-pyrrole nitrogens is 1. The molecule has 0 aliphatic carbocycles. The minimum absolute atomic E-state index is 0.0242. The van der Waals surface area contributed by atoms with E-state index in [-0.39, 0.29) is 6.04 Å². The highest BCUT2D eigenvalue weighted by molar-refractivity contribution is 7.88. The van der Waals surface area contributed by atoms with Gasteiger partial charge >= 0.3 is 5.97 Å². The van der Waals surface area contributed by atoms with E-state index in [4.69, 9.17) is 15.6 Å². The van der Waals surface area contributed by atoms with Crippen LogP contribution in [0.5, 0.6) is 0 Å². The van der Waals surface area contributed by atoms with Crippen LogP contribution in [0.2, 0.25) is 0 Å². The Morgan fingerprint density at radius 1 is 1.21 bits per heavy atom. The first kappa shape index (κ1) is 21.3. The van der Waals surface area contributed by atoms with E-state index >= 15 is 0 Å². The summed E-state index contributed by atoms with van der Waals surface area (Å²) in [5, 5.41) is 6.37. The van der Waals surface area contributed by atoms with Gasteiger partial charge in [0.2, 0.25) is 10.0 Å². The first-order valence-electron chi connectivity index (χ1n) is 10.4. The molecule has 3 aromatic heterocycles. The second-order valence-electron chi connectivity index (χ2n) is 8.12. The van der Waals surface area contributed by atoms with Crippen molar-refractivity contribution in [3.05, 3.63) is 36.2 Å². The number of methoxy groups -OCH3 is 1. The van der Waals surface area contributed by atoms with Gasteiger partial charge in [0.05, 0.1) is 36.1 Å². The van der Waals surface area contributed by atoms with Crippen molar-refractivity contribution in [1.29, 1.82) is 0 Å². The van der Waals surface area contributed by atoms with Gasteiger partial charge in [0.15, 0.2) is 5.65 Å². The zero-order valence-corrected chi connectivity index (χ0v) is 19.0. The summed E-state index contributed by atoms with van der Waals surface area (Å²) in [5.74, 6) is -0.107. The fourth-order valence-electron chi connectivity index (χ4n) is 4.36. The number of nitrogens with zero attached hydrogens (tertiary/aromatic N) is 5. The number of aromatic amines is 1. The van der Waals surface area contributed by atoms with E-state index in [0.717, 1.165) is 10.9 Å². The maximum Gasteiger partial charge on any atom is 0.337 e. The molecule has 1 aliphatic rings. The number of nitrogens with one attached hydrogen (secondary N) is 1. The molecule has 3 N–H and O–H groups in total. The molecule has 0 saturated carbocycles. The lowest BCUT2D eigenvalue weighted by Crippen LogP contribution is -2.38. The molecule has 12 heteroatoms. The highest BCUT2D eigenvalue weighted by atomic mass is 32.2. The number of fused-ring (bicyclic) bond motifs is 2. The van der Waals surface area contributed by atoms with Gasteiger partial charge in [0.1, 0.15) is 17.8 Å². The molecule has 0 atom stereocenters. The number of rotatable bonds is 4. The van der Waals surface area contributed by atoms with Crippen molar-refractivity contribution >= 4 is 43.7 Å². The summed E-state index contributed by atoms with van der Waals surface area (Å²) in [7, 11) is -1.88. The van der Waals surface area contributed by atoms with Gasteiger partial charge in [-0.05, 0) is 31.0 Å². The molecule has 172 valence electrons. The summed E-state index contributed by atoms with van der Waals surface area (Å²) in [4.78, 5) is 23.8. The van der Waals surface area contributed by atoms with Gasteiger partial charge in [-0.3, -0.25) is 0 Å². The second-order valence-corrected chi connectivity index (χ2v) is 10.1. The molecule has 1 saturated heterocycles. The van der Waals surface area contributed by atoms with Crippen molar-refractivity contribution in [1.82, 2.24) is 29.0 Å². The monoisotopic (exact) mass is 469 g/mol. The van der Waals surface area contributed by atoms with E-state index in [1.165, 1.54) is 24.0 Å². The number of nitrogen functional groups attached to an aromatic ring is 1. The molecule has 5 rings (SSSR count). The van der Waals surface area contributed by atoms with Crippen LogP contribution in [0.25, 0.3) is 33.3 Å². The molecular weight excluding hydrogens is 446 g/mol. The summed E-state index contributed by atoms with van der Waals surface area (Å²) in [6.07, 6.45) is 3.86. The van der Waals surface area contributed by atoms with Gasteiger partial charge in [-0.2, -0.15) is 5.10 Å². The molecule has 0 unspecified atom stereocenters. The lowest BCUT2D eigenvalue weighted by molar-refractivity contribution is 0.0601. The van der Waals surface area contributed by atoms with Crippen molar-refractivity contribution in [3.63, 3.8) is 0 Å². The van der Waals surface area contributed by atoms with E-state index in [2.05, 4.69) is 15.0 Å². The number of hydrogen-bond acceptors (Lipinski definition) is 8. The maximum absolute atomic E-state index is 11.9. The number of ether oxygens (including phenoxy) is 1. The minimum Gasteiger partial charge on any atom is -0.465 e. The smallest absolute Gasteiger partial charge is 0.337 e. The molecule has 0 radical (unpaired) electrons. The highest BCUT2D eigenvalue weighted by Gasteiger charge is 2.29. The predicted octanol–water partition coefficient (Wildman–Crippen LogP) is 1.94. The number of anilines is 1. The molecule has 0 amide bonds. The fourth-order valence-corrected chi connectivity index (χ4v) is 5.23. The second kappa shape index (κ2) is 7.81. The number of aromatic nitrogens is 5. The Labute approximate surface area is 189 Å². The molecule has 0 spiro atoms. The van der Waals surface area contributed by atoms with E-state index in [9.17, 15) is 13.2 Å². The summed E-state index contributed by atoms with van der Waals surface area (Å²) >= 11 is 0. The van der Waals surface area contributed by atoms with Crippen LogP contribution in [0.3, 0.4) is 0 Å². The van der Waals surface area contributed by atoms with Crippen LogP contribution in [-0.2, 0) is 14.8 Å². The summed E-state index contributed by atoms with van der Waals surface area (Å²) in [5.41, 5.74) is 9.34. The van der Waals surface area contributed by atoms with Crippen molar-refractivity contribution in [2.24, 2.45) is 0 Å². The summed E-state index contributed by atoms with van der Waals surface area (Å²) < 4.78 is 31.9. The number of benzene rings is 1. The standard InChI is InChI=1S/C21H23N7O4S/c1-32-21(29)13-4-3-12-9-16(25-15(12)10-13)18-17-19(22)23-11-24-20(17)28(26-18)14-5-7-27(8-6-14)33(2,30)31/h3-4,9-11,14,25H,5-8H2,1-2H3,(H2,22,23,24). The third-order valence-electron chi connectivity index (χ3n) is 6.06. The number of esters is 1. The number of nitrogens with two attached hydrogens (primary N) is 1. The van der Waals surface area contributed by atoms with Gasteiger partial charge < -0.3 is 15.5 Å². The van der Waals surface area contributed by atoms with Gasteiger partial charge in [0.25, 0.3) is 0 Å². The Morgan fingerprint density at radius 2 is 1.97 bits per heavy atom. The number of carbonyl (C=O) groups excluding carboxylic acids is 1. The summed E-state index contributed by atoms with van der Waals surface area (Å²) in [6.45, 7) is 0.840. The van der Waals surface area contributed by atoms with Gasteiger partial charge in [-0.25, -0.2) is 32.2 Å². The van der Waals surface area contributed by atoms with Gasteiger partial charge in [-0.15, -0.1) is 0 Å². The Morgan fingerprint density at radius 3 is 2.67 bits per heavy atom. The lowest BCUT2D eigenvalue weighted by Gasteiger charge is -2.30. The molecule has 33 heavy (non-hydrogen) atoms. The minimum atomic E-state index is -3.22. The predicted molar refractivity (Wildman–Crippen MR) is 123 cm³/mol. The van der Waals surface area contributed by atoms with Crippen LogP contribution >= 0.6 is 0 Å². The van der Waals surface area contributed by atoms with Crippen molar-refractivity contribution < 1.29 is 17.9 Å².